The Morgan fingerprint density at radius 1 is 1.55 bits per heavy atom. The number of nitrogens with one attached hydrogen (secondary N) is 2. The van der Waals surface area contributed by atoms with Gasteiger partial charge in [-0.2, -0.15) is 0 Å². The van der Waals surface area contributed by atoms with Crippen LogP contribution in [0.3, 0.4) is 0 Å². The van der Waals surface area contributed by atoms with Crippen molar-refractivity contribution in [3.63, 3.8) is 0 Å². The standard InChI is InChI=1S/C15H21ClN2O.ClH/c1-11(13-3-2-4-14(16)9-13)18-15(19)6-5-12-7-8-17-10-12;/h2-4,9,11-12,17H,5-8,10H2,1H3,(H,18,19);1H/t11-,12?;/m1./s1. The van der Waals surface area contributed by atoms with Crippen molar-refractivity contribution >= 4 is 29.9 Å². The molecule has 20 heavy (non-hydrogen) atoms. The summed E-state index contributed by atoms with van der Waals surface area (Å²) in [4.78, 5) is 11.9. The summed E-state index contributed by atoms with van der Waals surface area (Å²) in [6, 6.07) is 7.63. The van der Waals surface area contributed by atoms with Crippen molar-refractivity contribution in [3.8, 4) is 0 Å². The highest BCUT2D eigenvalue weighted by atomic mass is 35.5. The molecule has 2 N–H and O–H groups in total. The molecule has 2 rings (SSSR count). The van der Waals surface area contributed by atoms with Gasteiger partial charge in [-0.1, -0.05) is 23.7 Å². The Morgan fingerprint density at radius 3 is 3.00 bits per heavy atom. The molecule has 1 aromatic carbocycles. The quantitative estimate of drug-likeness (QED) is 0.874. The number of hydrogen-bond donors (Lipinski definition) is 2. The van der Waals surface area contributed by atoms with Crippen LogP contribution in [-0.4, -0.2) is 19.0 Å². The van der Waals surface area contributed by atoms with Crippen LogP contribution in [0, 0.1) is 5.92 Å². The average molecular weight is 317 g/mol. The molecule has 3 nitrogen and oxygen atoms in total. The molecule has 0 saturated carbocycles. The van der Waals surface area contributed by atoms with E-state index in [1.807, 2.05) is 31.2 Å². The van der Waals surface area contributed by atoms with Crippen molar-refractivity contribution in [2.24, 2.45) is 5.92 Å². The van der Waals surface area contributed by atoms with Gasteiger partial charge in [-0.25, -0.2) is 0 Å². The van der Waals surface area contributed by atoms with Crippen molar-refractivity contribution in [3.05, 3.63) is 34.9 Å². The van der Waals surface area contributed by atoms with Crippen LogP contribution in [0.5, 0.6) is 0 Å². The van der Waals surface area contributed by atoms with E-state index in [4.69, 9.17) is 11.6 Å². The second kappa shape index (κ2) is 8.50. The number of hydrogen-bond acceptors (Lipinski definition) is 2. The Balaban J connectivity index is 0.00000200. The van der Waals surface area contributed by atoms with Crippen molar-refractivity contribution in [2.45, 2.75) is 32.2 Å². The SMILES string of the molecule is C[C@@H](NC(=O)CCC1CCNC1)c1cccc(Cl)c1.Cl. The first-order valence-electron chi connectivity index (χ1n) is 6.90. The van der Waals surface area contributed by atoms with Gasteiger partial charge in [0.25, 0.3) is 0 Å². The van der Waals surface area contributed by atoms with Crippen LogP contribution in [-0.2, 0) is 4.79 Å². The number of halogens is 2. The molecular weight excluding hydrogens is 295 g/mol. The summed E-state index contributed by atoms with van der Waals surface area (Å²) in [7, 11) is 0. The maximum absolute atomic E-state index is 11.9. The summed E-state index contributed by atoms with van der Waals surface area (Å²) >= 11 is 5.95. The molecule has 2 atom stereocenters. The lowest BCUT2D eigenvalue weighted by Crippen LogP contribution is -2.27. The van der Waals surface area contributed by atoms with Crippen LogP contribution >= 0.6 is 24.0 Å². The number of carbonyl (C=O) groups excluding carboxylic acids is 1. The predicted molar refractivity (Wildman–Crippen MR) is 85.5 cm³/mol. The first kappa shape index (κ1) is 17.3. The lowest BCUT2D eigenvalue weighted by Gasteiger charge is -2.15. The fraction of sp³-hybridized carbons (Fsp3) is 0.533. The zero-order chi connectivity index (χ0) is 13.7. The highest BCUT2D eigenvalue weighted by Crippen LogP contribution is 2.18. The van der Waals surface area contributed by atoms with Gasteiger partial charge in [-0.3, -0.25) is 4.79 Å². The summed E-state index contributed by atoms with van der Waals surface area (Å²) in [5, 5.41) is 7.06. The van der Waals surface area contributed by atoms with Gasteiger partial charge in [-0.15, -0.1) is 12.4 Å². The van der Waals surface area contributed by atoms with Gasteiger partial charge in [0, 0.05) is 11.4 Å². The van der Waals surface area contributed by atoms with E-state index in [1.54, 1.807) is 0 Å². The Kier molecular flexibility index (Phi) is 7.35. The monoisotopic (exact) mass is 316 g/mol. The third-order valence-corrected chi connectivity index (χ3v) is 3.90. The summed E-state index contributed by atoms with van der Waals surface area (Å²) in [6.45, 7) is 4.13. The third-order valence-electron chi connectivity index (χ3n) is 3.67. The lowest BCUT2D eigenvalue weighted by molar-refractivity contribution is -0.122. The van der Waals surface area contributed by atoms with Crippen LogP contribution in [0.25, 0.3) is 0 Å². The number of rotatable bonds is 5. The second-order valence-corrected chi connectivity index (χ2v) is 5.68. The minimum absolute atomic E-state index is 0. The van der Waals surface area contributed by atoms with Crippen LogP contribution in [0.1, 0.15) is 37.8 Å². The van der Waals surface area contributed by atoms with E-state index in [0.717, 1.165) is 25.1 Å². The van der Waals surface area contributed by atoms with Crippen LogP contribution in [0.2, 0.25) is 5.02 Å². The largest absolute Gasteiger partial charge is 0.350 e. The predicted octanol–water partition coefficient (Wildman–Crippen LogP) is 3.33. The number of carbonyl (C=O) groups is 1. The summed E-state index contributed by atoms with van der Waals surface area (Å²) in [6.07, 6.45) is 2.77. The fourth-order valence-corrected chi connectivity index (χ4v) is 2.67. The average Bonchev–Trinajstić information content (AvgIpc) is 2.89. The van der Waals surface area contributed by atoms with E-state index in [-0.39, 0.29) is 24.4 Å². The molecule has 1 saturated heterocycles. The second-order valence-electron chi connectivity index (χ2n) is 5.24. The highest BCUT2D eigenvalue weighted by Gasteiger charge is 2.16. The summed E-state index contributed by atoms with van der Waals surface area (Å²) < 4.78 is 0. The molecule has 0 aromatic heterocycles. The molecule has 0 radical (unpaired) electrons. The van der Waals surface area contributed by atoms with E-state index in [0.29, 0.717) is 17.4 Å². The number of amides is 1. The van der Waals surface area contributed by atoms with Crippen molar-refractivity contribution in [2.75, 3.05) is 13.1 Å². The first-order chi connectivity index (χ1) is 9.15. The molecule has 1 aromatic rings. The van der Waals surface area contributed by atoms with E-state index >= 15 is 0 Å². The maximum Gasteiger partial charge on any atom is 0.220 e. The zero-order valence-corrected chi connectivity index (χ0v) is 13.3. The molecule has 0 spiro atoms. The lowest BCUT2D eigenvalue weighted by atomic mass is 10.0. The topological polar surface area (TPSA) is 41.1 Å². The van der Waals surface area contributed by atoms with Crippen molar-refractivity contribution in [1.29, 1.82) is 0 Å². The first-order valence-corrected chi connectivity index (χ1v) is 7.28. The minimum atomic E-state index is 0. The smallest absolute Gasteiger partial charge is 0.220 e. The molecule has 1 heterocycles. The molecule has 1 amide bonds. The molecule has 1 aliphatic heterocycles. The molecular formula is C15H22Cl2N2O. The summed E-state index contributed by atoms with van der Waals surface area (Å²) in [5.41, 5.74) is 1.04. The normalized spacial score (nSPS) is 19.2. The molecule has 1 aliphatic rings. The van der Waals surface area contributed by atoms with Gasteiger partial charge in [0.15, 0.2) is 0 Å². The van der Waals surface area contributed by atoms with Gasteiger partial charge in [0.05, 0.1) is 6.04 Å². The molecule has 0 aliphatic carbocycles. The zero-order valence-electron chi connectivity index (χ0n) is 11.7. The molecule has 112 valence electrons. The summed E-state index contributed by atoms with van der Waals surface area (Å²) in [5.74, 6) is 0.784. The molecule has 0 bridgehead atoms. The van der Waals surface area contributed by atoms with E-state index < -0.39 is 0 Å². The third kappa shape index (κ3) is 5.31. The van der Waals surface area contributed by atoms with Crippen LogP contribution in [0.15, 0.2) is 24.3 Å². The van der Waals surface area contributed by atoms with Crippen LogP contribution in [0.4, 0.5) is 0 Å². The van der Waals surface area contributed by atoms with Crippen molar-refractivity contribution < 1.29 is 4.79 Å². The van der Waals surface area contributed by atoms with Gasteiger partial charge >= 0.3 is 0 Å². The Labute approximate surface area is 131 Å². The minimum Gasteiger partial charge on any atom is -0.350 e. The molecule has 5 heteroatoms. The Hall–Kier alpha value is -0.770. The Bertz CT molecular complexity index is 434. The van der Waals surface area contributed by atoms with Gasteiger partial charge in [-0.05, 0) is 56.5 Å². The van der Waals surface area contributed by atoms with Crippen LogP contribution < -0.4 is 10.6 Å². The Morgan fingerprint density at radius 2 is 2.35 bits per heavy atom. The molecule has 1 fully saturated rings. The van der Waals surface area contributed by atoms with Gasteiger partial charge < -0.3 is 10.6 Å². The van der Waals surface area contributed by atoms with Crippen molar-refractivity contribution in [1.82, 2.24) is 10.6 Å². The van der Waals surface area contributed by atoms with Gasteiger partial charge in [0.1, 0.15) is 0 Å². The molecule has 1 unspecified atom stereocenters. The highest BCUT2D eigenvalue weighted by molar-refractivity contribution is 6.30. The van der Waals surface area contributed by atoms with E-state index in [1.165, 1.54) is 6.42 Å². The van der Waals surface area contributed by atoms with E-state index in [2.05, 4.69) is 10.6 Å². The van der Waals surface area contributed by atoms with Gasteiger partial charge in [0.2, 0.25) is 5.91 Å². The maximum atomic E-state index is 11.9. The van der Waals surface area contributed by atoms with E-state index in [9.17, 15) is 4.79 Å². The number of benzene rings is 1. The fourth-order valence-electron chi connectivity index (χ4n) is 2.47.